The van der Waals surface area contributed by atoms with Crippen LogP contribution in [0.4, 0.5) is 0 Å². The van der Waals surface area contributed by atoms with Gasteiger partial charge in [0.05, 0.1) is 38.2 Å². The molecule has 0 saturated carbocycles. The van der Waals surface area contributed by atoms with Gasteiger partial charge in [-0.2, -0.15) is 0 Å². The lowest BCUT2D eigenvalue weighted by Crippen LogP contribution is -2.56. The molecule has 1 heterocycles. The Hall–Kier alpha value is -3.73. The number of rotatable bonds is 13. The van der Waals surface area contributed by atoms with Gasteiger partial charge < -0.3 is 34.6 Å². The van der Waals surface area contributed by atoms with Crippen molar-refractivity contribution < 1.29 is 38.8 Å². The van der Waals surface area contributed by atoms with Gasteiger partial charge in [0.2, 0.25) is 11.8 Å². The van der Waals surface area contributed by atoms with Crippen LogP contribution in [-0.4, -0.2) is 91.0 Å². The highest BCUT2D eigenvalue weighted by molar-refractivity contribution is 5.96. The summed E-state index contributed by atoms with van der Waals surface area (Å²) in [6.07, 6.45) is 0.832. The molecule has 1 aliphatic heterocycles. The predicted octanol–water partition coefficient (Wildman–Crippen LogP) is 2.02. The van der Waals surface area contributed by atoms with Crippen LogP contribution in [0.1, 0.15) is 47.7 Å². The molecule has 10 heteroatoms. The zero-order chi connectivity index (χ0) is 29.5. The summed E-state index contributed by atoms with van der Waals surface area (Å²) in [4.78, 5) is 40.4. The maximum atomic E-state index is 13.7. The van der Waals surface area contributed by atoms with Crippen LogP contribution >= 0.6 is 0 Å². The van der Waals surface area contributed by atoms with Gasteiger partial charge in [0.1, 0.15) is 18.5 Å². The van der Waals surface area contributed by atoms with E-state index in [4.69, 9.17) is 14.2 Å². The Bertz CT molecular complexity index is 1260. The zero-order valence-electron chi connectivity index (χ0n) is 23.6. The molecule has 4 rings (SSSR count). The number of aliphatic hydroxyl groups excluding tert-OH is 2. The molecular formula is C31H38N2O8. The number of amides is 2. The first-order valence-corrected chi connectivity index (χ1v) is 13.9. The number of ether oxygens (including phenoxy) is 3. The molecule has 4 atom stereocenters. The zero-order valence-corrected chi connectivity index (χ0v) is 23.6. The van der Waals surface area contributed by atoms with Crippen molar-refractivity contribution >= 4 is 18.1 Å². The molecule has 3 N–H and O–H groups in total. The molecule has 0 saturated heterocycles. The van der Waals surface area contributed by atoms with E-state index < -0.39 is 30.1 Å². The van der Waals surface area contributed by atoms with E-state index in [2.05, 4.69) is 5.32 Å². The smallest absolute Gasteiger partial charge is 0.247 e. The van der Waals surface area contributed by atoms with Crippen LogP contribution in [0.25, 0.3) is 0 Å². The Morgan fingerprint density at radius 1 is 1.20 bits per heavy atom. The molecule has 2 aromatic rings. The monoisotopic (exact) mass is 566 g/mol. The minimum absolute atomic E-state index is 0.0232. The summed E-state index contributed by atoms with van der Waals surface area (Å²) in [5.74, 6) is -0.761. The van der Waals surface area contributed by atoms with Crippen molar-refractivity contribution in [3.63, 3.8) is 0 Å². The quantitative estimate of drug-likeness (QED) is 0.248. The minimum atomic E-state index is -1.20. The van der Waals surface area contributed by atoms with E-state index in [0.717, 1.165) is 5.56 Å². The predicted molar refractivity (Wildman–Crippen MR) is 151 cm³/mol. The van der Waals surface area contributed by atoms with Crippen LogP contribution in [-0.2, 0) is 20.7 Å². The number of aldehydes is 1. The van der Waals surface area contributed by atoms with Gasteiger partial charge in [-0.3, -0.25) is 14.4 Å². The summed E-state index contributed by atoms with van der Waals surface area (Å²) < 4.78 is 17.4. The molecule has 4 unspecified atom stereocenters. The Morgan fingerprint density at radius 3 is 2.61 bits per heavy atom. The van der Waals surface area contributed by atoms with E-state index in [0.29, 0.717) is 41.9 Å². The van der Waals surface area contributed by atoms with E-state index in [-0.39, 0.29) is 43.7 Å². The first-order valence-electron chi connectivity index (χ1n) is 13.9. The SMILES string of the molecule is COc1cc(C=O)cc2c1OC1C2C(C(=O)NCCO)=CC(N(CCCOC(C)C)C(=O)Cc2ccccc2)C1O. The van der Waals surface area contributed by atoms with Gasteiger partial charge >= 0.3 is 0 Å². The van der Waals surface area contributed by atoms with Gasteiger partial charge in [-0.05, 0) is 44.0 Å². The first kappa shape index (κ1) is 30.2. The summed E-state index contributed by atoms with van der Waals surface area (Å²) in [7, 11) is 1.45. The molecule has 220 valence electrons. The normalized spacial score (nSPS) is 20.9. The fourth-order valence-electron chi connectivity index (χ4n) is 5.42. The molecule has 0 fully saturated rings. The highest BCUT2D eigenvalue weighted by Crippen LogP contribution is 2.51. The van der Waals surface area contributed by atoms with Crippen molar-refractivity contribution in [1.29, 1.82) is 0 Å². The molecule has 0 aromatic heterocycles. The second kappa shape index (κ2) is 13.8. The van der Waals surface area contributed by atoms with Crippen LogP contribution in [0.5, 0.6) is 11.5 Å². The molecule has 0 bridgehead atoms. The van der Waals surface area contributed by atoms with Gasteiger partial charge in [0, 0.05) is 36.4 Å². The third-order valence-electron chi connectivity index (χ3n) is 7.28. The molecule has 2 amide bonds. The average Bonchev–Trinajstić information content (AvgIpc) is 3.36. The third kappa shape index (κ3) is 6.78. The van der Waals surface area contributed by atoms with Crippen LogP contribution < -0.4 is 14.8 Å². The van der Waals surface area contributed by atoms with Gasteiger partial charge in [-0.25, -0.2) is 0 Å². The molecule has 2 aromatic carbocycles. The number of aliphatic hydroxyl groups is 2. The summed E-state index contributed by atoms with van der Waals surface area (Å²) >= 11 is 0. The van der Waals surface area contributed by atoms with Gasteiger partial charge in [0.15, 0.2) is 11.5 Å². The maximum Gasteiger partial charge on any atom is 0.247 e. The molecule has 41 heavy (non-hydrogen) atoms. The van der Waals surface area contributed by atoms with Crippen molar-refractivity contribution in [2.45, 2.75) is 57.0 Å². The largest absolute Gasteiger partial charge is 0.493 e. The Balaban J connectivity index is 1.74. The van der Waals surface area contributed by atoms with Crippen LogP contribution in [0.2, 0.25) is 0 Å². The second-order valence-electron chi connectivity index (χ2n) is 10.4. The minimum Gasteiger partial charge on any atom is -0.493 e. The molecular weight excluding hydrogens is 528 g/mol. The van der Waals surface area contributed by atoms with Crippen molar-refractivity contribution in [2.24, 2.45) is 0 Å². The highest BCUT2D eigenvalue weighted by Gasteiger charge is 2.51. The third-order valence-corrected chi connectivity index (χ3v) is 7.28. The highest BCUT2D eigenvalue weighted by atomic mass is 16.5. The number of hydrogen-bond donors (Lipinski definition) is 3. The fourth-order valence-corrected chi connectivity index (χ4v) is 5.42. The van der Waals surface area contributed by atoms with Crippen molar-refractivity contribution in [1.82, 2.24) is 10.2 Å². The first-order chi connectivity index (χ1) is 19.8. The molecule has 1 aliphatic carbocycles. The maximum absolute atomic E-state index is 13.7. The molecule has 0 radical (unpaired) electrons. The number of fused-ring (bicyclic) bond motifs is 3. The number of hydrogen-bond acceptors (Lipinski definition) is 8. The number of methoxy groups -OCH3 is 1. The number of nitrogens with one attached hydrogen (secondary N) is 1. The number of benzene rings is 2. The summed E-state index contributed by atoms with van der Waals surface area (Å²) in [6, 6.07) is 11.6. The summed E-state index contributed by atoms with van der Waals surface area (Å²) in [5.41, 5.74) is 1.97. The van der Waals surface area contributed by atoms with E-state index >= 15 is 0 Å². The van der Waals surface area contributed by atoms with Crippen molar-refractivity contribution in [3.8, 4) is 11.5 Å². The average molecular weight is 567 g/mol. The van der Waals surface area contributed by atoms with Crippen molar-refractivity contribution in [2.75, 3.05) is 33.4 Å². The number of carbonyl (C=O) groups excluding carboxylic acids is 3. The Kier molecular flexibility index (Phi) is 10.1. The molecule has 2 aliphatic rings. The fraction of sp³-hybridized carbons (Fsp3) is 0.452. The molecule has 0 spiro atoms. The van der Waals surface area contributed by atoms with Gasteiger partial charge in [0.25, 0.3) is 0 Å². The summed E-state index contributed by atoms with van der Waals surface area (Å²) in [6.45, 7) is 4.34. The molecule has 10 nitrogen and oxygen atoms in total. The van der Waals surface area contributed by atoms with Gasteiger partial charge in [-0.1, -0.05) is 30.3 Å². The number of carbonyl (C=O) groups is 3. The lowest BCUT2D eigenvalue weighted by atomic mass is 9.77. The number of nitrogens with zero attached hydrogens (tertiary/aromatic N) is 1. The van der Waals surface area contributed by atoms with Crippen LogP contribution in [0.3, 0.4) is 0 Å². The Morgan fingerprint density at radius 2 is 1.95 bits per heavy atom. The topological polar surface area (TPSA) is 135 Å². The van der Waals surface area contributed by atoms with E-state index in [1.807, 2.05) is 44.2 Å². The standard InChI is InChI=1S/C31H38N2O8/c1-19(2)40-13-7-11-33(26(36)16-20-8-5-4-6-9-20)24-17-23(31(38)32-10-12-34)27-22-14-21(18-35)15-25(39-3)29(22)41-30(27)28(24)37/h4-6,8-9,14-15,17-19,24,27-28,30,34,37H,7,10-13,16H2,1-3H3,(H,32,38). The van der Waals surface area contributed by atoms with E-state index in [9.17, 15) is 24.6 Å². The second-order valence-corrected chi connectivity index (χ2v) is 10.4. The van der Waals surface area contributed by atoms with E-state index in [1.54, 1.807) is 17.0 Å². The van der Waals surface area contributed by atoms with Crippen LogP contribution in [0, 0.1) is 0 Å². The summed E-state index contributed by atoms with van der Waals surface area (Å²) in [5, 5.41) is 23.8. The van der Waals surface area contributed by atoms with Crippen LogP contribution in [0.15, 0.2) is 54.1 Å². The Labute approximate surface area is 239 Å². The van der Waals surface area contributed by atoms with Crippen molar-refractivity contribution in [3.05, 3.63) is 70.8 Å². The van der Waals surface area contributed by atoms with E-state index in [1.165, 1.54) is 13.2 Å². The lowest BCUT2D eigenvalue weighted by molar-refractivity contribution is -0.136. The van der Waals surface area contributed by atoms with Gasteiger partial charge in [-0.15, -0.1) is 0 Å². The lowest BCUT2D eigenvalue weighted by Gasteiger charge is -2.41.